The standard InChI is InChI=1S/C25H18FN3O2.C23H13FN4O2.C2H6O2.CH2O3.2Cs.H/c26-22-6-2-1-4-19(22)23-14-20(18-5-3-10-28-25(18)29-23)16-7-8-24(31-13-12-30)21-15-27-11-9-17(16)21;24-20-6-2-1-4-17(20)21-12-18(16-5-3-10-26-23(16)27-21)14-7-8-22(28(29)30)19-13-25-11-9-15(14)19;3-1-2-4;2-1-4-3;;;/h1-11,14-15,30H,12-13H2;1-13H;3-4H,1-2H2;1,3H;;;/q;;;;2*+1;-1/p-1. The van der Waals surface area contributed by atoms with E-state index in [0.717, 1.165) is 43.8 Å². The first-order valence-electron chi connectivity index (χ1n) is 20.8. The summed E-state index contributed by atoms with van der Waals surface area (Å²) >= 11 is 0. The monoisotopic (exact) mass is 1200 g/mol. The van der Waals surface area contributed by atoms with Gasteiger partial charge in [-0.15, -0.1) is 0 Å². The molecule has 6 heterocycles. The maximum absolute atomic E-state index is 14.5. The van der Waals surface area contributed by atoms with Crippen molar-refractivity contribution >= 4 is 55.8 Å². The Kier molecular flexibility index (Phi) is 23.0. The van der Waals surface area contributed by atoms with Gasteiger partial charge in [0.15, 0.2) is 11.3 Å². The number of fused-ring (bicyclic) bond motifs is 4. The summed E-state index contributed by atoms with van der Waals surface area (Å²) in [4.78, 5) is 48.5. The average Bonchev–Trinajstić information content (AvgIpc) is 3.39. The maximum Gasteiger partial charge on any atom is 1.00 e. The van der Waals surface area contributed by atoms with E-state index in [1.165, 1.54) is 24.4 Å². The predicted octanol–water partition coefficient (Wildman–Crippen LogP) is 2.11. The zero-order chi connectivity index (χ0) is 48.7. The minimum Gasteiger partial charge on any atom is -1.00 e. The van der Waals surface area contributed by atoms with Crippen LogP contribution in [-0.2, 0) is 9.68 Å². The van der Waals surface area contributed by atoms with Crippen LogP contribution in [0.1, 0.15) is 1.43 Å². The number of aliphatic hydroxyl groups is 3. The smallest absolute Gasteiger partial charge is 1.00 e. The van der Waals surface area contributed by atoms with Gasteiger partial charge in [-0.25, -0.2) is 28.7 Å². The molecule has 0 aliphatic carbocycles. The number of non-ortho nitro benzene ring substituents is 1. The third-order valence-electron chi connectivity index (χ3n) is 10.3. The van der Waals surface area contributed by atoms with E-state index in [2.05, 4.69) is 34.8 Å². The number of nitrogens with zero attached hydrogens (tertiary/aromatic N) is 7. The second kappa shape index (κ2) is 28.5. The van der Waals surface area contributed by atoms with Crippen molar-refractivity contribution in [1.82, 2.24) is 29.9 Å². The van der Waals surface area contributed by atoms with Crippen LogP contribution in [0, 0.1) is 21.7 Å². The molecule has 0 radical (unpaired) electrons. The maximum atomic E-state index is 14.5. The van der Waals surface area contributed by atoms with E-state index in [-0.39, 0.29) is 189 Å². The third kappa shape index (κ3) is 13.9. The molecule has 0 saturated heterocycles. The minimum absolute atomic E-state index is 0. The van der Waals surface area contributed by atoms with Crippen LogP contribution in [-0.4, -0.2) is 83.0 Å². The Hall–Kier alpha value is -4.71. The molecule has 71 heavy (non-hydrogen) atoms. The fourth-order valence-electron chi connectivity index (χ4n) is 7.42. The number of rotatable bonds is 10. The molecular weight excluding hydrogens is 1160 g/mol. The number of pyridine rings is 6. The van der Waals surface area contributed by atoms with Crippen LogP contribution in [0.4, 0.5) is 14.5 Å². The number of aromatic nitrogens is 6. The summed E-state index contributed by atoms with van der Waals surface area (Å²) in [6.45, 7) is -0.306. The zero-order valence-electron chi connectivity index (χ0n) is 39.1. The van der Waals surface area contributed by atoms with Crippen molar-refractivity contribution < 1.29 is 188 Å². The Morgan fingerprint density at radius 3 is 1.51 bits per heavy atom. The van der Waals surface area contributed by atoms with Crippen LogP contribution in [0.25, 0.3) is 88.4 Å². The van der Waals surface area contributed by atoms with Crippen LogP contribution < -0.4 is 148 Å². The van der Waals surface area contributed by atoms with E-state index < -0.39 is 4.92 Å². The third-order valence-corrected chi connectivity index (χ3v) is 10.3. The summed E-state index contributed by atoms with van der Waals surface area (Å²) in [5, 5.41) is 48.8. The SMILES string of the molecule is O=CO[O-].O=[N+]([O-])c1ccc(-c2cc(-c3ccccc3F)nc3ncccc23)c2ccncc12.OCCO.OCCOc1ccc(-c2cc(-c3ccccc3F)nc3ncccc23)c2ccncc12.[Cs+].[Cs+].[H-]. The summed E-state index contributed by atoms with van der Waals surface area (Å²) in [7, 11) is 0. The number of nitro groups is 1. The molecular formula is C51H39Cs2F2N7O9. The number of carbonyl (C=O) groups excluding carboxylic acids is 1. The molecule has 0 spiro atoms. The molecule has 0 fully saturated rings. The minimum atomic E-state index is -0.426. The zero-order valence-corrected chi connectivity index (χ0v) is 50.7. The van der Waals surface area contributed by atoms with E-state index in [1.807, 2.05) is 42.5 Å². The Balaban J connectivity index is 0.000000263. The number of hydrogen-bond acceptors (Lipinski definition) is 15. The normalized spacial score (nSPS) is 10.3. The molecule has 3 N–H and O–H groups in total. The molecule has 0 unspecified atom stereocenters. The van der Waals surface area contributed by atoms with Gasteiger partial charge in [-0.3, -0.25) is 24.9 Å². The predicted molar refractivity (Wildman–Crippen MR) is 253 cm³/mol. The molecule has 348 valence electrons. The van der Waals surface area contributed by atoms with Crippen molar-refractivity contribution in [3.05, 3.63) is 180 Å². The number of halogens is 2. The van der Waals surface area contributed by atoms with Crippen molar-refractivity contribution in [2.75, 3.05) is 26.4 Å². The van der Waals surface area contributed by atoms with Crippen LogP contribution in [0.5, 0.6) is 5.75 Å². The van der Waals surface area contributed by atoms with Gasteiger partial charge in [0.1, 0.15) is 24.0 Å². The van der Waals surface area contributed by atoms with E-state index >= 15 is 0 Å². The number of hydrogen-bond donors (Lipinski definition) is 3. The first kappa shape index (κ1) is 57.2. The fraction of sp³-hybridized carbons (Fsp3) is 0.0784. The van der Waals surface area contributed by atoms with Crippen molar-refractivity contribution in [2.24, 2.45) is 0 Å². The number of benzene rings is 4. The fourth-order valence-corrected chi connectivity index (χ4v) is 7.42. The summed E-state index contributed by atoms with van der Waals surface area (Å²) in [5.41, 5.74) is 6.07. The molecule has 0 aliphatic heterocycles. The van der Waals surface area contributed by atoms with Gasteiger partial charge in [-0.2, -0.15) is 0 Å². The Bertz CT molecular complexity index is 3440. The van der Waals surface area contributed by atoms with Gasteiger partial charge in [0.2, 0.25) is 0 Å². The van der Waals surface area contributed by atoms with Gasteiger partial charge < -0.3 is 31.6 Å². The second-order valence-corrected chi connectivity index (χ2v) is 14.4. The van der Waals surface area contributed by atoms with Crippen molar-refractivity contribution in [1.29, 1.82) is 0 Å². The quantitative estimate of drug-likeness (QED) is 0.0770. The number of carbonyl (C=O) groups is 1. The van der Waals surface area contributed by atoms with Gasteiger partial charge in [0, 0.05) is 70.5 Å². The molecule has 0 bridgehead atoms. The molecule has 0 aliphatic rings. The topological polar surface area (TPSA) is 240 Å². The van der Waals surface area contributed by atoms with E-state index in [0.29, 0.717) is 50.3 Å². The molecule has 10 aromatic rings. The van der Waals surface area contributed by atoms with Gasteiger partial charge in [-0.1, -0.05) is 30.3 Å². The molecule has 4 aromatic carbocycles. The Morgan fingerprint density at radius 1 is 0.563 bits per heavy atom. The van der Waals surface area contributed by atoms with Gasteiger partial charge >= 0.3 is 138 Å². The number of aliphatic hydroxyl groups excluding tert-OH is 3. The number of nitro benzene ring substituents is 1. The van der Waals surface area contributed by atoms with Crippen LogP contribution in [0.15, 0.2) is 159 Å². The summed E-state index contributed by atoms with van der Waals surface area (Å²) < 4.78 is 34.7. The van der Waals surface area contributed by atoms with Gasteiger partial charge in [0.25, 0.3) is 12.2 Å². The molecule has 16 nitrogen and oxygen atoms in total. The molecule has 20 heteroatoms. The molecule has 6 aromatic heterocycles. The van der Waals surface area contributed by atoms with E-state index in [9.17, 15) is 18.9 Å². The molecule has 0 amide bonds. The van der Waals surface area contributed by atoms with Crippen molar-refractivity contribution in [3.63, 3.8) is 0 Å². The van der Waals surface area contributed by atoms with E-state index in [1.54, 1.807) is 91.6 Å². The molecule has 0 saturated carbocycles. The summed E-state index contributed by atoms with van der Waals surface area (Å²) in [5.74, 6) is -0.0752. The summed E-state index contributed by atoms with van der Waals surface area (Å²) in [6, 6.07) is 34.8. The number of ether oxygens (including phenoxy) is 1. The molecule has 10 rings (SSSR count). The first-order valence-corrected chi connectivity index (χ1v) is 20.8. The van der Waals surface area contributed by atoms with Crippen molar-refractivity contribution in [3.8, 4) is 50.5 Å². The largest absolute Gasteiger partial charge is 1.00 e. The van der Waals surface area contributed by atoms with Gasteiger partial charge in [0.05, 0.1) is 41.5 Å². The summed E-state index contributed by atoms with van der Waals surface area (Å²) in [6.07, 6.45) is 9.84. The van der Waals surface area contributed by atoms with Gasteiger partial charge in [-0.05, 0) is 118 Å². The van der Waals surface area contributed by atoms with Crippen molar-refractivity contribution in [2.45, 2.75) is 0 Å². The van der Waals surface area contributed by atoms with E-state index in [4.69, 9.17) is 30.1 Å². The Morgan fingerprint density at radius 2 is 1.04 bits per heavy atom. The van der Waals surface area contributed by atoms with Crippen LogP contribution >= 0.6 is 0 Å². The average molecular weight is 1200 g/mol. The van der Waals surface area contributed by atoms with Crippen LogP contribution in [0.3, 0.4) is 0 Å². The Labute approximate surface area is 522 Å². The first-order chi connectivity index (χ1) is 33.7. The second-order valence-electron chi connectivity index (χ2n) is 14.4. The molecule has 0 atom stereocenters. The van der Waals surface area contributed by atoms with Crippen LogP contribution in [0.2, 0.25) is 0 Å².